The molecule has 0 radical (unpaired) electrons. The predicted molar refractivity (Wildman–Crippen MR) is 51.8 cm³/mol. The molecular formula is C10H9NO3. The van der Waals surface area contributed by atoms with E-state index in [2.05, 4.69) is 11.8 Å². The summed E-state index contributed by atoms with van der Waals surface area (Å²) in [7, 11) is 0. The lowest BCUT2D eigenvalue weighted by Crippen LogP contribution is -1.90. The Morgan fingerprint density at radius 2 is 2.21 bits per heavy atom. The third kappa shape index (κ3) is 2.57. The van der Waals surface area contributed by atoms with Gasteiger partial charge in [0, 0.05) is 17.7 Å². The Morgan fingerprint density at radius 1 is 1.50 bits per heavy atom. The SMILES string of the molecule is Cc1cc(C#CCO)cc([N+](=O)[O-])c1. The number of hydrogen-bond donors (Lipinski definition) is 1. The Balaban J connectivity index is 3.13. The summed E-state index contributed by atoms with van der Waals surface area (Å²) in [6.07, 6.45) is 0. The highest BCUT2D eigenvalue weighted by molar-refractivity contribution is 5.46. The minimum absolute atomic E-state index is 0.0206. The second-order valence-electron chi connectivity index (χ2n) is 2.77. The summed E-state index contributed by atoms with van der Waals surface area (Å²) in [5.41, 5.74) is 1.35. The molecule has 0 bridgehead atoms. The largest absolute Gasteiger partial charge is 0.384 e. The van der Waals surface area contributed by atoms with Gasteiger partial charge in [-0.15, -0.1) is 0 Å². The standard InChI is InChI=1S/C10H9NO3/c1-8-5-9(3-2-4-12)7-10(6-8)11(13)14/h5-7,12H,4H2,1H3. The van der Waals surface area contributed by atoms with Gasteiger partial charge in [0.05, 0.1) is 4.92 Å². The van der Waals surface area contributed by atoms with Crippen molar-refractivity contribution in [3.63, 3.8) is 0 Å². The third-order valence-corrected chi connectivity index (χ3v) is 1.58. The highest BCUT2D eigenvalue weighted by Gasteiger charge is 2.06. The van der Waals surface area contributed by atoms with Gasteiger partial charge < -0.3 is 5.11 Å². The van der Waals surface area contributed by atoms with Gasteiger partial charge in [0.2, 0.25) is 0 Å². The fraction of sp³-hybridized carbons (Fsp3) is 0.200. The molecule has 0 aliphatic heterocycles. The van der Waals surface area contributed by atoms with Crippen LogP contribution in [0.25, 0.3) is 0 Å². The summed E-state index contributed by atoms with van der Waals surface area (Å²) in [4.78, 5) is 10.0. The number of non-ortho nitro benzene ring substituents is 1. The number of hydrogen-bond acceptors (Lipinski definition) is 3. The topological polar surface area (TPSA) is 63.4 Å². The monoisotopic (exact) mass is 191 g/mol. The molecule has 72 valence electrons. The molecule has 1 aromatic rings. The van der Waals surface area contributed by atoms with Gasteiger partial charge in [-0.25, -0.2) is 0 Å². The maximum atomic E-state index is 10.5. The summed E-state index contributed by atoms with van der Waals surface area (Å²) in [5, 5.41) is 19.0. The van der Waals surface area contributed by atoms with E-state index in [4.69, 9.17) is 5.11 Å². The van der Waals surface area contributed by atoms with Gasteiger partial charge in [-0.1, -0.05) is 11.8 Å². The van der Waals surface area contributed by atoms with Gasteiger partial charge in [-0.2, -0.15) is 0 Å². The van der Waals surface area contributed by atoms with E-state index in [1.807, 2.05) is 0 Å². The Bertz CT molecular complexity index is 415. The minimum atomic E-state index is -0.461. The molecule has 0 aliphatic rings. The molecule has 0 aromatic heterocycles. The van der Waals surface area contributed by atoms with Crippen LogP contribution in [0.4, 0.5) is 5.69 Å². The number of aliphatic hydroxyl groups excluding tert-OH is 1. The summed E-state index contributed by atoms with van der Waals surface area (Å²) in [6, 6.07) is 4.59. The van der Waals surface area contributed by atoms with E-state index < -0.39 is 4.92 Å². The van der Waals surface area contributed by atoms with E-state index in [0.29, 0.717) is 5.56 Å². The van der Waals surface area contributed by atoms with Crippen LogP contribution in [-0.2, 0) is 0 Å². The van der Waals surface area contributed by atoms with Crippen molar-refractivity contribution < 1.29 is 10.0 Å². The highest BCUT2D eigenvalue weighted by Crippen LogP contribution is 2.15. The first-order valence-electron chi connectivity index (χ1n) is 3.99. The average molecular weight is 191 g/mol. The zero-order chi connectivity index (χ0) is 10.6. The second-order valence-corrected chi connectivity index (χ2v) is 2.77. The molecule has 0 unspecified atom stereocenters. The molecule has 1 N–H and O–H groups in total. The lowest BCUT2D eigenvalue weighted by Gasteiger charge is -1.95. The molecular weight excluding hydrogens is 182 g/mol. The summed E-state index contributed by atoms with van der Waals surface area (Å²) in [5.74, 6) is 5.07. The van der Waals surface area contributed by atoms with E-state index in [-0.39, 0.29) is 12.3 Å². The van der Waals surface area contributed by atoms with Gasteiger partial charge in [-0.05, 0) is 18.6 Å². The molecule has 0 aliphatic carbocycles. The molecule has 0 spiro atoms. The first-order chi connectivity index (χ1) is 6.63. The van der Waals surface area contributed by atoms with Crippen LogP contribution in [0.1, 0.15) is 11.1 Å². The predicted octanol–water partition coefficient (Wildman–Crippen LogP) is 1.25. The summed E-state index contributed by atoms with van der Waals surface area (Å²) >= 11 is 0. The average Bonchev–Trinajstić information content (AvgIpc) is 2.14. The zero-order valence-electron chi connectivity index (χ0n) is 7.65. The van der Waals surface area contributed by atoms with Crippen molar-refractivity contribution in [2.75, 3.05) is 6.61 Å². The van der Waals surface area contributed by atoms with Gasteiger partial charge >= 0.3 is 0 Å². The van der Waals surface area contributed by atoms with Gasteiger partial charge in [-0.3, -0.25) is 10.1 Å². The zero-order valence-corrected chi connectivity index (χ0v) is 7.65. The molecule has 1 rings (SSSR count). The summed E-state index contributed by atoms with van der Waals surface area (Å²) in [6.45, 7) is 1.51. The second kappa shape index (κ2) is 4.40. The molecule has 0 saturated carbocycles. The van der Waals surface area contributed by atoms with Gasteiger partial charge in [0.1, 0.15) is 6.61 Å². The fourth-order valence-corrected chi connectivity index (χ4v) is 1.08. The van der Waals surface area contributed by atoms with E-state index in [1.54, 1.807) is 13.0 Å². The smallest absolute Gasteiger partial charge is 0.270 e. The molecule has 14 heavy (non-hydrogen) atoms. The Morgan fingerprint density at radius 3 is 2.79 bits per heavy atom. The molecule has 1 aromatic carbocycles. The quantitative estimate of drug-likeness (QED) is 0.412. The number of nitro groups is 1. The Hall–Kier alpha value is -1.86. The number of benzene rings is 1. The third-order valence-electron chi connectivity index (χ3n) is 1.58. The highest BCUT2D eigenvalue weighted by atomic mass is 16.6. The van der Waals surface area contributed by atoms with Crippen LogP contribution in [0.5, 0.6) is 0 Å². The first-order valence-corrected chi connectivity index (χ1v) is 3.99. The summed E-state index contributed by atoms with van der Waals surface area (Å²) < 4.78 is 0. The normalized spacial score (nSPS) is 9.00. The maximum Gasteiger partial charge on any atom is 0.270 e. The molecule has 0 saturated heterocycles. The molecule has 0 amide bonds. The molecule has 0 atom stereocenters. The van der Waals surface area contributed by atoms with Crippen LogP contribution >= 0.6 is 0 Å². The van der Waals surface area contributed by atoms with Gasteiger partial charge in [0.25, 0.3) is 5.69 Å². The van der Waals surface area contributed by atoms with E-state index in [1.165, 1.54) is 12.1 Å². The van der Waals surface area contributed by atoms with E-state index >= 15 is 0 Å². The molecule has 4 heteroatoms. The number of nitro benzene ring substituents is 1. The van der Waals surface area contributed by atoms with Crippen molar-refractivity contribution in [3.05, 3.63) is 39.4 Å². The Kier molecular flexibility index (Phi) is 3.21. The fourth-order valence-electron chi connectivity index (χ4n) is 1.08. The van der Waals surface area contributed by atoms with Crippen molar-refractivity contribution in [1.82, 2.24) is 0 Å². The molecule has 0 heterocycles. The Labute approximate surface area is 81.3 Å². The first kappa shape index (κ1) is 10.2. The van der Waals surface area contributed by atoms with Crippen molar-refractivity contribution in [1.29, 1.82) is 0 Å². The number of nitrogens with zero attached hydrogens (tertiary/aromatic N) is 1. The molecule has 4 nitrogen and oxygen atoms in total. The maximum absolute atomic E-state index is 10.5. The van der Waals surface area contributed by atoms with Gasteiger partial charge in [0.15, 0.2) is 0 Å². The van der Waals surface area contributed by atoms with E-state index in [0.717, 1.165) is 5.56 Å². The van der Waals surface area contributed by atoms with Crippen molar-refractivity contribution in [2.24, 2.45) is 0 Å². The number of aliphatic hydroxyl groups is 1. The van der Waals surface area contributed by atoms with Crippen molar-refractivity contribution >= 4 is 5.69 Å². The van der Waals surface area contributed by atoms with Crippen LogP contribution in [-0.4, -0.2) is 16.6 Å². The minimum Gasteiger partial charge on any atom is -0.384 e. The van der Waals surface area contributed by atoms with E-state index in [9.17, 15) is 10.1 Å². The van der Waals surface area contributed by atoms with Crippen LogP contribution in [0.3, 0.4) is 0 Å². The number of rotatable bonds is 1. The molecule has 0 fully saturated rings. The van der Waals surface area contributed by atoms with Crippen molar-refractivity contribution in [3.8, 4) is 11.8 Å². The lowest BCUT2D eigenvalue weighted by atomic mass is 10.1. The van der Waals surface area contributed by atoms with Crippen LogP contribution in [0, 0.1) is 28.9 Å². The van der Waals surface area contributed by atoms with Crippen LogP contribution in [0.15, 0.2) is 18.2 Å². The lowest BCUT2D eigenvalue weighted by molar-refractivity contribution is -0.384. The van der Waals surface area contributed by atoms with Crippen molar-refractivity contribution in [2.45, 2.75) is 6.92 Å². The van der Waals surface area contributed by atoms with Crippen LogP contribution < -0.4 is 0 Å². The number of aryl methyl sites for hydroxylation is 1. The van der Waals surface area contributed by atoms with Crippen LogP contribution in [0.2, 0.25) is 0 Å².